The maximum Gasteiger partial charge on any atom is 0.187 e. The zero-order chi connectivity index (χ0) is 14.8. The number of hydrogen-bond donors (Lipinski definition) is 1. The first kappa shape index (κ1) is 13.9. The Morgan fingerprint density at radius 3 is 2.95 bits per heavy atom. The van der Waals surface area contributed by atoms with Crippen LogP contribution in [-0.2, 0) is 6.54 Å². The molecule has 3 rings (SSSR count). The molecule has 0 bridgehead atoms. The second kappa shape index (κ2) is 5.71. The van der Waals surface area contributed by atoms with E-state index < -0.39 is 0 Å². The van der Waals surface area contributed by atoms with Gasteiger partial charge in [0, 0.05) is 12.2 Å². The van der Waals surface area contributed by atoms with E-state index in [2.05, 4.69) is 22.4 Å². The highest BCUT2D eigenvalue weighted by Crippen LogP contribution is 2.38. The minimum Gasteiger partial charge on any atom is -0.493 e. The van der Waals surface area contributed by atoms with E-state index in [1.54, 1.807) is 0 Å². The van der Waals surface area contributed by atoms with Crippen LogP contribution in [-0.4, -0.2) is 26.8 Å². The van der Waals surface area contributed by atoms with E-state index in [0.29, 0.717) is 24.0 Å². The first-order valence-electron chi connectivity index (χ1n) is 7.48. The van der Waals surface area contributed by atoms with E-state index >= 15 is 0 Å². The van der Waals surface area contributed by atoms with E-state index in [9.17, 15) is 0 Å². The average Bonchev–Trinajstić information content (AvgIpc) is 3.22. The summed E-state index contributed by atoms with van der Waals surface area (Å²) in [5.74, 6) is 2.80. The Morgan fingerprint density at radius 2 is 2.24 bits per heavy atom. The fourth-order valence-electron chi connectivity index (χ4n) is 2.66. The minimum atomic E-state index is 0.577. The quantitative estimate of drug-likeness (QED) is 0.825. The van der Waals surface area contributed by atoms with Gasteiger partial charge < -0.3 is 10.5 Å². The van der Waals surface area contributed by atoms with Gasteiger partial charge in [0.05, 0.1) is 12.2 Å². The number of nitrogen functional groups attached to an aromatic ring is 1. The van der Waals surface area contributed by atoms with Crippen LogP contribution in [0, 0.1) is 11.8 Å². The van der Waals surface area contributed by atoms with Crippen molar-refractivity contribution in [3.8, 4) is 17.1 Å². The Balaban J connectivity index is 1.95. The molecule has 6 heteroatoms. The molecular formula is C15H21N5O. The van der Waals surface area contributed by atoms with E-state index in [4.69, 9.17) is 10.5 Å². The molecule has 1 aromatic heterocycles. The van der Waals surface area contributed by atoms with E-state index in [-0.39, 0.29) is 0 Å². The fourth-order valence-corrected chi connectivity index (χ4v) is 2.66. The number of hydrogen-bond acceptors (Lipinski definition) is 5. The summed E-state index contributed by atoms with van der Waals surface area (Å²) in [6.07, 6.45) is 2.63. The standard InChI is InChI=1S/C15H21N5O/c1-3-21-13-6-4-5-12(16)14(13)15-17-18-19-20(15)9-10(2)11-7-8-11/h4-6,10-11H,3,7-9,16H2,1-2H3. The van der Waals surface area contributed by atoms with Gasteiger partial charge in [0.1, 0.15) is 5.75 Å². The van der Waals surface area contributed by atoms with Crippen LogP contribution >= 0.6 is 0 Å². The minimum absolute atomic E-state index is 0.577. The van der Waals surface area contributed by atoms with Gasteiger partial charge in [-0.05, 0) is 54.2 Å². The average molecular weight is 287 g/mol. The van der Waals surface area contributed by atoms with Gasteiger partial charge in [0.2, 0.25) is 0 Å². The predicted molar refractivity (Wildman–Crippen MR) is 80.7 cm³/mol. The highest BCUT2D eigenvalue weighted by atomic mass is 16.5. The van der Waals surface area contributed by atoms with Crippen LogP contribution in [0.3, 0.4) is 0 Å². The van der Waals surface area contributed by atoms with Gasteiger partial charge in [-0.1, -0.05) is 13.0 Å². The number of nitrogens with two attached hydrogens (primary N) is 1. The molecule has 1 atom stereocenters. The SMILES string of the molecule is CCOc1cccc(N)c1-c1nnnn1CC(C)C1CC1. The van der Waals surface area contributed by atoms with Crippen molar-refractivity contribution in [2.45, 2.75) is 33.2 Å². The fraction of sp³-hybridized carbons (Fsp3) is 0.533. The van der Waals surface area contributed by atoms with Crippen LogP contribution in [0.1, 0.15) is 26.7 Å². The van der Waals surface area contributed by atoms with Crippen LogP contribution in [0.15, 0.2) is 18.2 Å². The molecule has 0 spiro atoms. The van der Waals surface area contributed by atoms with Crippen molar-refractivity contribution >= 4 is 5.69 Å². The summed E-state index contributed by atoms with van der Waals surface area (Å²) in [5, 5.41) is 12.1. The molecule has 21 heavy (non-hydrogen) atoms. The van der Waals surface area contributed by atoms with Crippen LogP contribution < -0.4 is 10.5 Å². The Bertz CT molecular complexity index is 620. The molecular weight excluding hydrogens is 266 g/mol. The van der Waals surface area contributed by atoms with Crippen LogP contribution in [0.2, 0.25) is 0 Å². The van der Waals surface area contributed by atoms with E-state index in [1.165, 1.54) is 12.8 Å². The lowest BCUT2D eigenvalue weighted by atomic mass is 10.1. The van der Waals surface area contributed by atoms with Gasteiger partial charge in [-0.25, -0.2) is 4.68 Å². The molecule has 1 aliphatic rings. The van der Waals surface area contributed by atoms with Gasteiger partial charge in [-0.2, -0.15) is 0 Å². The van der Waals surface area contributed by atoms with Crippen molar-refractivity contribution in [3.05, 3.63) is 18.2 Å². The van der Waals surface area contributed by atoms with Crippen molar-refractivity contribution in [1.82, 2.24) is 20.2 Å². The molecule has 1 heterocycles. The number of ether oxygens (including phenoxy) is 1. The zero-order valence-electron chi connectivity index (χ0n) is 12.5. The van der Waals surface area contributed by atoms with E-state index in [1.807, 2.05) is 29.8 Å². The summed E-state index contributed by atoms with van der Waals surface area (Å²) in [7, 11) is 0. The number of anilines is 1. The van der Waals surface area contributed by atoms with Crippen molar-refractivity contribution in [1.29, 1.82) is 0 Å². The molecule has 1 saturated carbocycles. The Morgan fingerprint density at radius 1 is 1.43 bits per heavy atom. The number of aromatic nitrogens is 4. The molecule has 1 fully saturated rings. The number of tetrazole rings is 1. The molecule has 112 valence electrons. The van der Waals surface area contributed by atoms with Gasteiger partial charge in [-0.15, -0.1) is 5.10 Å². The van der Waals surface area contributed by atoms with Gasteiger partial charge >= 0.3 is 0 Å². The second-order valence-electron chi connectivity index (χ2n) is 5.65. The van der Waals surface area contributed by atoms with Gasteiger partial charge in [-0.3, -0.25) is 0 Å². The van der Waals surface area contributed by atoms with Crippen LogP contribution in [0.4, 0.5) is 5.69 Å². The Kier molecular flexibility index (Phi) is 3.77. The summed E-state index contributed by atoms with van der Waals surface area (Å²) in [5.41, 5.74) is 7.55. The first-order valence-corrected chi connectivity index (χ1v) is 7.48. The molecule has 0 radical (unpaired) electrons. The highest BCUT2D eigenvalue weighted by Gasteiger charge is 2.29. The highest BCUT2D eigenvalue weighted by molar-refractivity contribution is 5.77. The lowest BCUT2D eigenvalue weighted by Gasteiger charge is -2.14. The largest absolute Gasteiger partial charge is 0.493 e. The Hall–Kier alpha value is -2.11. The second-order valence-corrected chi connectivity index (χ2v) is 5.65. The molecule has 1 aromatic carbocycles. The topological polar surface area (TPSA) is 78.8 Å². The molecule has 1 aliphatic carbocycles. The van der Waals surface area contributed by atoms with Crippen LogP contribution in [0.25, 0.3) is 11.4 Å². The Labute approximate surface area is 124 Å². The summed E-state index contributed by atoms with van der Waals surface area (Å²) < 4.78 is 7.52. The maximum absolute atomic E-state index is 6.13. The monoisotopic (exact) mass is 287 g/mol. The van der Waals surface area contributed by atoms with Crippen molar-refractivity contribution in [2.75, 3.05) is 12.3 Å². The number of benzene rings is 1. The third kappa shape index (κ3) is 2.84. The summed E-state index contributed by atoms with van der Waals surface area (Å²) >= 11 is 0. The molecule has 1 unspecified atom stereocenters. The van der Waals surface area contributed by atoms with Gasteiger partial charge in [0.15, 0.2) is 5.82 Å². The molecule has 0 amide bonds. The lowest BCUT2D eigenvalue weighted by Crippen LogP contribution is -2.13. The van der Waals surface area contributed by atoms with Crippen LogP contribution in [0.5, 0.6) is 5.75 Å². The molecule has 2 aromatic rings. The molecule has 2 N–H and O–H groups in total. The molecule has 0 aliphatic heterocycles. The zero-order valence-corrected chi connectivity index (χ0v) is 12.5. The number of nitrogens with zero attached hydrogens (tertiary/aromatic N) is 4. The maximum atomic E-state index is 6.13. The third-order valence-corrected chi connectivity index (χ3v) is 4.00. The summed E-state index contributed by atoms with van der Waals surface area (Å²) in [6, 6.07) is 5.63. The lowest BCUT2D eigenvalue weighted by molar-refractivity contribution is 0.341. The number of rotatable bonds is 6. The third-order valence-electron chi connectivity index (χ3n) is 4.00. The van der Waals surface area contributed by atoms with Crippen molar-refractivity contribution in [2.24, 2.45) is 11.8 Å². The van der Waals surface area contributed by atoms with Gasteiger partial charge in [0.25, 0.3) is 0 Å². The van der Waals surface area contributed by atoms with E-state index in [0.717, 1.165) is 23.8 Å². The smallest absolute Gasteiger partial charge is 0.187 e. The normalized spacial score (nSPS) is 15.9. The van der Waals surface area contributed by atoms with Crippen molar-refractivity contribution in [3.63, 3.8) is 0 Å². The summed E-state index contributed by atoms with van der Waals surface area (Å²) in [4.78, 5) is 0. The van der Waals surface area contributed by atoms with Crippen molar-refractivity contribution < 1.29 is 4.74 Å². The summed E-state index contributed by atoms with van der Waals surface area (Å²) in [6.45, 7) is 5.59. The molecule has 0 saturated heterocycles. The molecule has 6 nitrogen and oxygen atoms in total. The predicted octanol–water partition coefficient (Wildman–Crippen LogP) is 2.37. The first-order chi connectivity index (χ1) is 10.2.